The highest BCUT2D eigenvalue weighted by Gasteiger charge is 2.17. The molecule has 8 nitrogen and oxygen atoms in total. The number of carboxylic acid groups (broad SMARTS) is 1. The van der Waals surface area contributed by atoms with Crippen molar-refractivity contribution >= 4 is 23.3 Å². The third-order valence-electron chi connectivity index (χ3n) is 1.76. The van der Waals surface area contributed by atoms with Gasteiger partial charge in [-0.3, -0.25) is 19.7 Å². The summed E-state index contributed by atoms with van der Waals surface area (Å²) in [6.07, 6.45) is -0.794. The first-order chi connectivity index (χ1) is 7.90. The van der Waals surface area contributed by atoms with Crippen LogP contribution in [0.5, 0.6) is 5.75 Å². The summed E-state index contributed by atoms with van der Waals surface area (Å²) >= 11 is 0. The predicted octanol–water partition coefficient (Wildman–Crippen LogP) is 0.714. The molecule has 0 aliphatic carbocycles. The van der Waals surface area contributed by atoms with E-state index in [1.165, 1.54) is 0 Å². The molecule has 0 spiro atoms. The van der Waals surface area contributed by atoms with Crippen molar-refractivity contribution in [2.24, 2.45) is 0 Å². The Bertz CT molecular complexity index is 484. The highest BCUT2D eigenvalue weighted by molar-refractivity contribution is 6.02. The van der Waals surface area contributed by atoms with Crippen LogP contribution in [0.3, 0.4) is 0 Å². The second-order valence-corrected chi connectivity index (χ2v) is 3.08. The normalized spacial score (nSPS) is 9.65. The molecular formula is C9H8N2O6. The van der Waals surface area contributed by atoms with Crippen molar-refractivity contribution in [1.82, 2.24) is 0 Å². The summed E-state index contributed by atoms with van der Waals surface area (Å²) in [6.45, 7) is 0. The Morgan fingerprint density at radius 1 is 1.41 bits per heavy atom. The molecule has 1 rings (SSSR count). The maximum absolute atomic E-state index is 11.1. The van der Waals surface area contributed by atoms with Crippen LogP contribution in [-0.2, 0) is 9.59 Å². The number of nitrogens with one attached hydrogen (secondary N) is 1. The minimum atomic E-state index is -1.34. The van der Waals surface area contributed by atoms with Crippen LogP contribution in [0.15, 0.2) is 18.2 Å². The third kappa shape index (κ3) is 3.45. The van der Waals surface area contributed by atoms with Gasteiger partial charge >= 0.3 is 5.97 Å². The lowest BCUT2D eigenvalue weighted by Gasteiger charge is -2.04. The van der Waals surface area contributed by atoms with Gasteiger partial charge in [-0.2, -0.15) is 0 Å². The van der Waals surface area contributed by atoms with Gasteiger partial charge in [-0.25, -0.2) is 0 Å². The lowest BCUT2D eigenvalue weighted by molar-refractivity contribution is -0.384. The molecule has 17 heavy (non-hydrogen) atoms. The molecule has 90 valence electrons. The molecule has 8 heteroatoms. The fourth-order valence-corrected chi connectivity index (χ4v) is 1.11. The Hall–Kier alpha value is -2.64. The molecule has 0 saturated carbocycles. The molecule has 0 aromatic heterocycles. The SMILES string of the molecule is O=C(O)CC(=O)Nc1ccc(O)cc1[N+](=O)[O-]. The summed E-state index contributed by atoms with van der Waals surface area (Å²) < 4.78 is 0. The lowest BCUT2D eigenvalue weighted by Crippen LogP contribution is -2.16. The highest BCUT2D eigenvalue weighted by atomic mass is 16.6. The molecule has 1 aromatic carbocycles. The minimum absolute atomic E-state index is 0.168. The zero-order chi connectivity index (χ0) is 13.0. The molecule has 1 aromatic rings. The van der Waals surface area contributed by atoms with Gasteiger partial charge in [-0.05, 0) is 12.1 Å². The van der Waals surface area contributed by atoms with E-state index in [4.69, 9.17) is 10.2 Å². The van der Waals surface area contributed by atoms with Crippen molar-refractivity contribution in [3.05, 3.63) is 28.3 Å². The van der Waals surface area contributed by atoms with Crippen LogP contribution in [0.4, 0.5) is 11.4 Å². The highest BCUT2D eigenvalue weighted by Crippen LogP contribution is 2.28. The summed E-state index contributed by atoms with van der Waals surface area (Å²) in [7, 11) is 0. The molecule has 0 aliphatic rings. The second-order valence-electron chi connectivity index (χ2n) is 3.08. The van der Waals surface area contributed by atoms with Gasteiger partial charge in [0.15, 0.2) is 0 Å². The van der Waals surface area contributed by atoms with Crippen LogP contribution >= 0.6 is 0 Å². The maximum Gasteiger partial charge on any atom is 0.312 e. The summed E-state index contributed by atoms with van der Waals surface area (Å²) in [6, 6.07) is 3.12. The number of nitro benzene ring substituents is 1. The Kier molecular flexibility index (Phi) is 3.60. The molecule has 3 N–H and O–H groups in total. The number of phenols is 1. The van der Waals surface area contributed by atoms with Crippen LogP contribution < -0.4 is 5.32 Å². The second kappa shape index (κ2) is 4.92. The van der Waals surface area contributed by atoms with Crippen molar-refractivity contribution in [2.45, 2.75) is 6.42 Å². The number of hydrogen-bond acceptors (Lipinski definition) is 5. The Labute approximate surface area is 94.6 Å². The van der Waals surface area contributed by atoms with E-state index in [9.17, 15) is 19.7 Å². The average molecular weight is 240 g/mol. The van der Waals surface area contributed by atoms with Crippen molar-refractivity contribution in [2.75, 3.05) is 5.32 Å². The molecular weight excluding hydrogens is 232 g/mol. The molecule has 0 atom stereocenters. The number of benzene rings is 1. The van der Waals surface area contributed by atoms with Crippen molar-refractivity contribution in [3.63, 3.8) is 0 Å². The first-order valence-electron chi connectivity index (χ1n) is 4.39. The number of anilines is 1. The van der Waals surface area contributed by atoms with Gasteiger partial charge in [-0.1, -0.05) is 0 Å². The number of phenolic OH excluding ortho intramolecular Hbond substituents is 1. The van der Waals surface area contributed by atoms with E-state index in [1.807, 2.05) is 0 Å². The fourth-order valence-electron chi connectivity index (χ4n) is 1.11. The van der Waals surface area contributed by atoms with E-state index in [1.54, 1.807) is 0 Å². The van der Waals surface area contributed by atoms with Crippen LogP contribution in [0.2, 0.25) is 0 Å². The number of nitro groups is 1. The standard InChI is InChI=1S/C9H8N2O6/c12-5-1-2-6(7(3-5)11(16)17)10-8(13)4-9(14)15/h1-3,12H,4H2,(H,10,13)(H,14,15). The van der Waals surface area contributed by atoms with E-state index in [0.29, 0.717) is 0 Å². The van der Waals surface area contributed by atoms with E-state index in [-0.39, 0.29) is 11.4 Å². The number of aliphatic carboxylic acids is 1. The summed E-state index contributed by atoms with van der Waals surface area (Å²) in [5.74, 6) is -2.55. The van der Waals surface area contributed by atoms with Crippen LogP contribution in [0, 0.1) is 10.1 Å². The molecule has 0 heterocycles. The molecule has 0 aliphatic heterocycles. The smallest absolute Gasteiger partial charge is 0.312 e. The van der Waals surface area contributed by atoms with Gasteiger partial charge in [0.25, 0.3) is 5.69 Å². The van der Waals surface area contributed by atoms with Crippen molar-refractivity contribution < 1.29 is 24.7 Å². The van der Waals surface area contributed by atoms with Crippen LogP contribution in [-0.4, -0.2) is 27.0 Å². The Morgan fingerprint density at radius 3 is 2.59 bits per heavy atom. The zero-order valence-corrected chi connectivity index (χ0v) is 8.41. The topological polar surface area (TPSA) is 130 Å². The summed E-state index contributed by atoms with van der Waals surface area (Å²) in [5.41, 5.74) is -0.678. The van der Waals surface area contributed by atoms with Gasteiger partial charge in [-0.15, -0.1) is 0 Å². The minimum Gasteiger partial charge on any atom is -0.508 e. The molecule has 1 amide bonds. The van der Waals surface area contributed by atoms with Crippen LogP contribution in [0.25, 0.3) is 0 Å². The van der Waals surface area contributed by atoms with E-state index in [0.717, 1.165) is 18.2 Å². The number of aromatic hydroxyl groups is 1. The van der Waals surface area contributed by atoms with E-state index >= 15 is 0 Å². The van der Waals surface area contributed by atoms with Crippen LogP contribution in [0.1, 0.15) is 6.42 Å². The van der Waals surface area contributed by atoms with Gasteiger partial charge in [0.2, 0.25) is 5.91 Å². The van der Waals surface area contributed by atoms with Gasteiger partial charge in [0.05, 0.1) is 11.0 Å². The number of amides is 1. The van der Waals surface area contributed by atoms with E-state index in [2.05, 4.69) is 5.32 Å². The molecule has 0 bridgehead atoms. The number of carbonyl (C=O) groups is 2. The average Bonchev–Trinajstić information content (AvgIpc) is 2.19. The lowest BCUT2D eigenvalue weighted by atomic mass is 10.2. The van der Waals surface area contributed by atoms with Gasteiger partial charge in [0, 0.05) is 0 Å². The number of hydrogen-bond donors (Lipinski definition) is 3. The molecule has 0 saturated heterocycles. The Morgan fingerprint density at radius 2 is 2.06 bits per heavy atom. The summed E-state index contributed by atoms with van der Waals surface area (Å²) in [5, 5.41) is 30.1. The predicted molar refractivity (Wildman–Crippen MR) is 55.6 cm³/mol. The number of carboxylic acids is 1. The Balaban J connectivity index is 2.94. The first kappa shape index (κ1) is 12.4. The van der Waals surface area contributed by atoms with Crippen molar-refractivity contribution in [3.8, 4) is 5.75 Å². The third-order valence-corrected chi connectivity index (χ3v) is 1.76. The number of rotatable bonds is 4. The van der Waals surface area contributed by atoms with Gasteiger partial charge in [0.1, 0.15) is 17.9 Å². The zero-order valence-electron chi connectivity index (χ0n) is 8.41. The summed E-state index contributed by atoms with van der Waals surface area (Å²) in [4.78, 5) is 31.2. The van der Waals surface area contributed by atoms with Gasteiger partial charge < -0.3 is 15.5 Å². The monoisotopic (exact) mass is 240 g/mol. The fraction of sp³-hybridized carbons (Fsp3) is 0.111. The number of nitrogens with zero attached hydrogens (tertiary/aromatic N) is 1. The quantitative estimate of drug-likeness (QED) is 0.307. The maximum atomic E-state index is 11.1. The molecule has 0 unspecified atom stereocenters. The first-order valence-corrected chi connectivity index (χ1v) is 4.39. The number of carbonyl (C=O) groups excluding carboxylic acids is 1. The van der Waals surface area contributed by atoms with E-state index < -0.39 is 28.9 Å². The molecule has 0 fully saturated rings. The van der Waals surface area contributed by atoms with Crippen molar-refractivity contribution in [1.29, 1.82) is 0 Å². The molecule has 0 radical (unpaired) electrons. The largest absolute Gasteiger partial charge is 0.508 e.